The molecule has 0 aliphatic carbocycles. The van der Waals surface area contributed by atoms with Gasteiger partial charge in [-0.05, 0) is 48.0 Å². The van der Waals surface area contributed by atoms with E-state index in [-0.39, 0.29) is 18.2 Å². The summed E-state index contributed by atoms with van der Waals surface area (Å²) in [6, 6.07) is 5.56. The molecule has 0 aromatic heterocycles. The van der Waals surface area contributed by atoms with Crippen molar-refractivity contribution in [1.29, 1.82) is 0 Å². The highest BCUT2D eigenvalue weighted by Crippen LogP contribution is 2.26. The fourth-order valence-electron chi connectivity index (χ4n) is 2.13. The summed E-state index contributed by atoms with van der Waals surface area (Å²) in [4.78, 5) is 14.0. The molecule has 1 aliphatic rings. The summed E-state index contributed by atoms with van der Waals surface area (Å²) in [7, 11) is 0. The molecule has 0 bridgehead atoms. The Bertz CT molecular complexity index is 472. The smallest absolute Gasteiger partial charge is 0.322 e. The molecule has 4 nitrogen and oxygen atoms in total. The van der Waals surface area contributed by atoms with E-state index in [1.165, 1.54) is 0 Å². The molecule has 1 fully saturated rings. The lowest BCUT2D eigenvalue weighted by Crippen LogP contribution is -2.49. The van der Waals surface area contributed by atoms with Crippen LogP contribution >= 0.6 is 31.9 Å². The molecule has 1 aliphatic heterocycles. The molecule has 104 valence electrons. The van der Waals surface area contributed by atoms with Crippen LogP contribution in [0.4, 0.5) is 10.5 Å². The molecule has 0 spiro atoms. The molecular weight excluding hydrogens is 376 g/mol. The number of halogens is 2. The van der Waals surface area contributed by atoms with E-state index in [2.05, 4.69) is 37.2 Å². The first-order valence-electron chi connectivity index (χ1n) is 6.12. The van der Waals surface area contributed by atoms with Crippen LogP contribution in [0.3, 0.4) is 0 Å². The Morgan fingerprint density at radius 2 is 1.95 bits per heavy atom. The standard InChI is InChI=1S/C13H16Br2N2O2/c1-8-6-17(7-9(2)19-8)13(18)16-12-4-3-10(14)5-11(12)15/h3-5,8-9H,6-7H2,1-2H3,(H,16,18). The number of carbonyl (C=O) groups is 1. The largest absolute Gasteiger partial charge is 0.372 e. The van der Waals surface area contributed by atoms with E-state index in [9.17, 15) is 4.79 Å². The molecule has 1 N–H and O–H groups in total. The Morgan fingerprint density at radius 1 is 1.32 bits per heavy atom. The summed E-state index contributed by atoms with van der Waals surface area (Å²) >= 11 is 6.82. The maximum Gasteiger partial charge on any atom is 0.322 e. The number of anilines is 1. The summed E-state index contributed by atoms with van der Waals surface area (Å²) in [5.41, 5.74) is 0.764. The van der Waals surface area contributed by atoms with Crippen molar-refractivity contribution in [2.45, 2.75) is 26.1 Å². The van der Waals surface area contributed by atoms with E-state index in [1.54, 1.807) is 4.90 Å². The van der Waals surface area contributed by atoms with Crippen LogP contribution in [0.2, 0.25) is 0 Å². The first kappa shape index (κ1) is 14.8. The molecule has 1 aromatic carbocycles. The van der Waals surface area contributed by atoms with Crippen LogP contribution in [0.15, 0.2) is 27.1 Å². The monoisotopic (exact) mass is 390 g/mol. The Kier molecular flexibility index (Phi) is 4.86. The molecule has 19 heavy (non-hydrogen) atoms. The molecule has 2 unspecified atom stereocenters. The van der Waals surface area contributed by atoms with Gasteiger partial charge in [-0.3, -0.25) is 0 Å². The zero-order valence-corrected chi connectivity index (χ0v) is 14.0. The van der Waals surface area contributed by atoms with Crippen molar-refractivity contribution in [3.63, 3.8) is 0 Å². The van der Waals surface area contributed by atoms with Crippen molar-refractivity contribution in [3.05, 3.63) is 27.1 Å². The summed E-state index contributed by atoms with van der Waals surface area (Å²) in [6.45, 7) is 5.19. The minimum Gasteiger partial charge on any atom is -0.372 e. The van der Waals surface area contributed by atoms with E-state index in [1.807, 2.05) is 32.0 Å². The first-order chi connectivity index (χ1) is 8.95. The Labute approximate surface area is 129 Å². The lowest BCUT2D eigenvalue weighted by molar-refractivity contribution is -0.0530. The van der Waals surface area contributed by atoms with Gasteiger partial charge >= 0.3 is 6.03 Å². The quantitative estimate of drug-likeness (QED) is 0.789. The maximum atomic E-state index is 12.2. The SMILES string of the molecule is CC1CN(C(=O)Nc2ccc(Br)cc2Br)CC(C)O1. The zero-order chi connectivity index (χ0) is 14.0. The second kappa shape index (κ2) is 6.24. The van der Waals surface area contributed by atoms with Gasteiger partial charge in [-0.2, -0.15) is 0 Å². The normalized spacial score (nSPS) is 23.3. The third-order valence-electron chi connectivity index (χ3n) is 2.88. The molecule has 1 aromatic rings. The van der Waals surface area contributed by atoms with Crippen LogP contribution in [0.25, 0.3) is 0 Å². The molecule has 1 saturated heterocycles. The topological polar surface area (TPSA) is 41.6 Å². The van der Waals surface area contributed by atoms with Crippen molar-refractivity contribution in [2.75, 3.05) is 18.4 Å². The van der Waals surface area contributed by atoms with Gasteiger partial charge in [-0.1, -0.05) is 15.9 Å². The van der Waals surface area contributed by atoms with E-state index >= 15 is 0 Å². The highest BCUT2D eigenvalue weighted by molar-refractivity contribution is 9.11. The van der Waals surface area contributed by atoms with Crippen LogP contribution in [0.5, 0.6) is 0 Å². The number of hydrogen-bond donors (Lipinski definition) is 1. The number of carbonyl (C=O) groups excluding carboxylic acids is 1. The van der Waals surface area contributed by atoms with E-state index < -0.39 is 0 Å². The van der Waals surface area contributed by atoms with Gasteiger partial charge in [0.2, 0.25) is 0 Å². The second-order valence-electron chi connectivity index (χ2n) is 4.72. The van der Waals surface area contributed by atoms with Crippen molar-refractivity contribution in [2.24, 2.45) is 0 Å². The molecule has 6 heteroatoms. The Hall–Kier alpha value is -0.590. The van der Waals surface area contributed by atoms with Gasteiger partial charge in [-0.15, -0.1) is 0 Å². The average molecular weight is 392 g/mol. The predicted molar refractivity (Wildman–Crippen MR) is 82.4 cm³/mol. The minimum absolute atomic E-state index is 0.0721. The Balaban J connectivity index is 2.04. The first-order valence-corrected chi connectivity index (χ1v) is 7.70. The van der Waals surface area contributed by atoms with Crippen molar-refractivity contribution in [3.8, 4) is 0 Å². The molecular formula is C13H16Br2N2O2. The lowest BCUT2D eigenvalue weighted by atomic mass is 10.2. The zero-order valence-electron chi connectivity index (χ0n) is 10.8. The number of ether oxygens (including phenoxy) is 1. The second-order valence-corrected chi connectivity index (χ2v) is 6.49. The van der Waals surface area contributed by atoms with Gasteiger partial charge < -0.3 is 15.0 Å². The summed E-state index contributed by atoms with van der Waals surface area (Å²) in [5.74, 6) is 0. The van der Waals surface area contributed by atoms with Gasteiger partial charge in [0.15, 0.2) is 0 Å². The van der Waals surface area contributed by atoms with E-state index in [0.717, 1.165) is 14.6 Å². The number of nitrogens with one attached hydrogen (secondary N) is 1. The number of morpholine rings is 1. The highest BCUT2D eigenvalue weighted by atomic mass is 79.9. The van der Waals surface area contributed by atoms with Gasteiger partial charge in [0.05, 0.1) is 17.9 Å². The van der Waals surface area contributed by atoms with Crippen molar-refractivity contribution in [1.82, 2.24) is 4.90 Å². The molecule has 0 radical (unpaired) electrons. The fourth-order valence-corrected chi connectivity index (χ4v) is 3.28. The third-order valence-corrected chi connectivity index (χ3v) is 4.03. The van der Waals surface area contributed by atoms with Crippen LogP contribution in [0.1, 0.15) is 13.8 Å². The van der Waals surface area contributed by atoms with Crippen molar-refractivity contribution >= 4 is 43.6 Å². The summed E-state index contributed by atoms with van der Waals surface area (Å²) in [6.07, 6.45) is 0.144. The van der Waals surface area contributed by atoms with Crippen LogP contribution in [-0.2, 0) is 4.74 Å². The fraction of sp³-hybridized carbons (Fsp3) is 0.462. The average Bonchev–Trinajstić information content (AvgIpc) is 2.31. The van der Waals surface area contributed by atoms with Crippen LogP contribution in [-0.4, -0.2) is 36.2 Å². The van der Waals surface area contributed by atoms with Gasteiger partial charge in [0, 0.05) is 22.0 Å². The number of benzene rings is 1. The molecule has 2 atom stereocenters. The highest BCUT2D eigenvalue weighted by Gasteiger charge is 2.26. The van der Waals surface area contributed by atoms with Gasteiger partial charge in [-0.25, -0.2) is 4.79 Å². The minimum atomic E-state index is -0.0926. The molecule has 2 amide bonds. The molecule has 2 rings (SSSR count). The third kappa shape index (κ3) is 3.94. The number of amides is 2. The maximum absolute atomic E-state index is 12.2. The van der Waals surface area contributed by atoms with Crippen LogP contribution in [0, 0.1) is 0 Å². The Morgan fingerprint density at radius 3 is 2.53 bits per heavy atom. The molecule has 1 heterocycles. The summed E-state index contributed by atoms with van der Waals surface area (Å²) in [5, 5.41) is 2.91. The number of nitrogens with zero attached hydrogens (tertiary/aromatic N) is 1. The van der Waals surface area contributed by atoms with E-state index in [4.69, 9.17) is 4.74 Å². The van der Waals surface area contributed by atoms with Gasteiger partial charge in [0.25, 0.3) is 0 Å². The molecule has 0 saturated carbocycles. The van der Waals surface area contributed by atoms with Gasteiger partial charge in [0.1, 0.15) is 0 Å². The number of rotatable bonds is 1. The van der Waals surface area contributed by atoms with E-state index in [0.29, 0.717) is 13.1 Å². The summed E-state index contributed by atoms with van der Waals surface area (Å²) < 4.78 is 7.43. The number of hydrogen-bond acceptors (Lipinski definition) is 2. The predicted octanol–water partition coefficient (Wildman–Crippen LogP) is 3.85. The van der Waals surface area contributed by atoms with Crippen molar-refractivity contribution < 1.29 is 9.53 Å². The lowest BCUT2D eigenvalue weighted by Gasteiger charge is -2.35. The number of urea groups is 1. The van der Waals surface area contributed by atoms with Crippen LogP contribution < -0.4 is 5.32 Å².